The number of hydrogen-bond donors (Lipinski definition) is 1. The average molecular weight is 533 g/mol. The molecule has 1 fully saturated rings. The molecule has 1 aromatic heterocycles. The van der Waals surface area contributed by atoms with Crippen LogP contribution in [-0.2, 0) is 9.59 Å². The van der Waals surface area contributed by atoms with Gasteiger partial charge in [-0.15, -0.1) is 0 Å². The van der Waals surface area contributed by atoms with Gasteiger partial charge in [0.25, 0.3) is 5.78 Å². The second kappa shape index (κ2) is 10.6. The SMILES string of the molecule is CCCCOc1ccc(C2C(=C(O)c3ccccc3)C(=O)C(=O)N2c2nc3ccc(F)cc3s2)cc1OC. The minimum atomic E-state index is -1.00. The van der Waals surface area contributed by atoms with Crippen molar-refractivity contribution in [1.82, 2.24) is 4.98 Å². The van der Waals surface area contributed by atoms with Crippen LogP contribution in [0.5, 0.6) is 11.5 Å². The fraction of sp³-hybridized carbons (Fsp3) is 0.207. The third kappa shape index (κ3) is 4.61. The van der Waals surface area contributed by atoms with E-state index in [1.54, 1.807) is 48.5 Å². The van der Waals surface area contributed by atoms with Crippen molar-refractivity contribution >= 4 is 44.1 Å². The van der Waals surface area contributed by atoms with Crippen molar-refractivity contribution in [3.05, 3.63) is 89.2 Å². The summed E-state index contributed by atoms with van der Waals surface area (Å²) < 4.78 is 25.8. The largest absolute Gasteiger partial charge is 0.507 e. The van der Waals surface area contributed by atoms with Gasteiger partial charge >= 0.3 is 5.91 Å². The molecule has 194 valence electrons. The number of anilines is 1. The molecule has 4 aromatic rings. The van der Waals surface area contributed by atoms with Gasteiger partial charge in [-0.2, -0.15) is 0 Å². The van der Waals surface area contributed by atoms with E-state index in [4.69, 9.17) is 9.47 Å². The Morgan fingerprint density at radius 1 is 1.08 bits per heavy atom. The topological polar surface area (TPSA) is 89.0 Å². The lowest BCUT2D eigenvalue weighted by Gasteiger charge is -2.24. The molecule has 1 aliphatic heterocycles. The number of ether oxygens (including phenoxy) is 2. The molecule has 0 aliphatic carbocycles. The first-order valence-corrected chi connectivity index (χ1v) is 13.0. The average Bonchev–Trinajstić information content (AvgIpc) is 3.46. The predicted octanol–water partition coefficient (Wildman–Crippen LogP) is 6.25. The van der Waals surface area contributed by atoms with Crippen LogP contribution in [0.1, 0.15) is 36.9 Å². The molecule has 7 nitrogen and oxygen atoms in total. The van der Waals surface area contributed by atoms with E-state index < -0.39 is 23.5 Å². The van der Waals surface area contributed by atoms with Gasteiger partial charge in [0.1, 0.15) is 11.6 Å². The second-order valence-corrected chi connectivity index (χ2v) is 9.77. The predicted molar refractivity (Wildman–Crippen MR) is 144 cm³/mol. The van der Waals surface area contributed by atoms with E-state index >= 15 is 0 Å². The Kier molecular flexibility index (Phi) is 7.11. The molecule has 1 unspecified atom stereocenters. The van der Waals surface area contributed by atoms with Crippen LogP contribution in [0.3, 0.4) is 0 Å². The first kappa shape index (κ1) is 25.4. The third-order valence-electron chi connectivity index (χ3n) is 6.30. The Balaban J connectivity index is 1.68. The molecule has 9 heteroatoms. The number of benzene rings is 3. The fourth-order valence-corrected chi connectivity index (χ4v) is 5.40. The van der Waals surface area contributed by atoms with Crippen LogP contribution < -0.4 is 14.4 Å². The number of nitrogens with zero attached hydrogens (tertiary/aromatic N) is 2. The standard InChI is InChI=1S/C29H25FN2O5S/c1-3-4-14-37-21-13-10-18(15-22(21)36-2)25-24(26(33)17-8-6-5-7-9-17)27(34)28(35)32(25)29-31-20-12-11-19(30)16-23(20)38-29/h5-13,15-16,25,33H,3-4,14H2,1-2H3. The van der Waals surface area contributed by atoms with Crippen molar-refractivity contribution in [2.75, 3.05) is 18.6 Å². The van der Waals surface area contributed by atoms with Gasteiger partial charge in [-0.3, -0.25) is 14.5 Å². The zero-order valence-corrected chi connectivity index (χ0v) is 21.6. The Bertz CT molecular complexity index is 1550. The number of halogens is 1. The van der Waals surface area contributed by atoms with E-state index in [-0.39, 0.29) is 16.5 Å². The quantitative estimate of drug-likeness (QED) is 0.125. The molecule has 0 saturated carbocycles. The summed E-state index contributed by atoms with van der Waals surface area (Å²) in [5, 5.41) is 11.5. The highest BCUT2D eigenvalue weighted by Crippen LogP contribution is 2.45. The minimum Gasteiger partial charge on any atom is -0.507 e. The van der Waals surface area contributed by atoms with Crippen molar-refractivity contribution < 1.29 is 28.6 Å². The van der Waals surface area contributed by atoms with Gasteiger partial charge in [-0.05, 0) is 42.3 Å². The molecule has 5 rings (SSSR count). The number of aliphatic hydroxyl groups is 1. The number of fused-ring (bicyclic) bond motifs is 1. The Hall–Kier alpha value is -4.24. The molecule has 38 heavy (non-hydrogen) atoms. The number of carbonyl (C=O) groups is 2. The van der Waals surface area contributed by atoms with Crippen LogP contribution in [0.2, 0.25) is 0 Å². The van der Waals surface area contributed by atoms with E-state index in [9.17, 15) is 19.1 Å². The summed E-state index contributed by atoms with van der Waals surface area (Å²) in [6.07, 6.45) is 1.85. The maximum absolute atomic E-state index is 13.9. The summed E-state index contributed by atoms with van der Waals surface area (Å²) in [5.74, 6) is -1.46. The highest BCUT2D eigenvalue weighted by Gasteiger charge is 2.48. The van der Waals surface area contributed by atoms with Crippen LogP contribution in [0, 0.1) is 5.82 Å². The Labute approximate surface area is 222 Å². The molecule has 1 N–H and O–H groups in total. The zero-order chi connectivity index (χ0) is 26.8. The van der Waals surface area contributed by atoms with Crippen molar-refractivity contribution in [1.29, 1.82) is 0 Å². The summed E-state index contributed by atoms with van der Waals surface area (Å²) in [6.45, 7) is 2.58. The summed E-state index contributed by atoms with van der Waals surface area (Å²) in [7, 11) is 1.51. The Morgan fingerprint density at radius 2 is 1.87 bits per heavy atom. The second-order valence-electron chi connectivity index (χ2n) is 8.76. The maximum Gasteiger partial charge on any atom is 0.301 e. The zero-order valence-electron chi connectivity index (χ0n) is 20.8. The summed E-state index contributed by atoms with van der Waals surface area (Å²) >= 11 is 1.09. The summed E-state index contributed by atoms with van der Waals surface area (Å²) in [4.78, 5) is 32.6. The lowest BCUT2D eigenvalue weighted by molar-refractivity contribution is -0.132. The number of unbranched alkanes of at least 4 members (excludes halogenated alkanes) is 1. The van der Waals surface area contributed by atoms with E-state index in [1.807, 2.05) is 0 Å². The van der Waals surface area contributed by atoms with E-state index in [0.717, 1.165) is 24.2 Å². The van der Waals surface area contributed by atoms with Gasteiger partial charge in [0, 0.05) is 5.56 Å². The number of hydrogen-bond acceptors (Lipinski definition) is 7. The fourth-order valence-electron chi connectivity index (χ4n) is 4.39. The normalized spacial score (nSPS) is 16.8. The van der Waals surface area contributed by atoms with E-state index in [0.29, 0.717) is 39.4 Å². The molecule has 1 saturated heterocycles. The molecule has 3 aromatic carbocycles. The number of aromatic nitrogens is 1. The van der Waals surface area contributed by atoms with Crippen LogP contribution in [0.4, 0.5) is 9.52 Å². The van der Waals surface area contributed by atoms with Crippen LogP contribution in [-0.4, -0.2) is 35.5 Å². The number of Topliss-reactive ketones (excluding diaryl/α,β-unsaturated/α-hetero) is 1. The van der Waals surface area contributed by atoms with Crippen molar-refractivity contribution in [3.63, 3.8) is 0 Å². The van der Waals surface area contributed by atoms with Crippen LogP contribution >= 0.6 is 11.3 Å². The number of carbonyl (C=O) groups excluding carboxylic acids is 2. The number of rotatable bonds is 8. The monoisotopic (exact) mass is 532 g/mol. The van der Waals surface area contributed by atoms with Gasteiger partial charge < -0.3 is 14.6 Å². The number of methoxy groups -OCH3 is 1. The van der Waals surface area contributed by atoms with E-state index in [2.05, 4.69) is 11.9 Å². The Morgan fingerprint density at radius 3 is 2.61 bits per heavy atom. The number of thiazole rings is 1. The molecule has 0 bridgehead atoms. The number of aliphatic hydroxyl groups excluding tert-OH is 1. The van der Waals surface area contributed by atoms with Gasteiger partial charge in [-0.1, -0.05) is 61.1 Å². The summed E-state index contributed by atoms with van der Waals surface area (Å²) in [6, 6.07) is 16.8. The van der Waals surface area contributed by atoms with Crippen LogP contribution in [0.15, 0.2) is 72.3 Å². The lowest BCUT2D eigenvalue weighted by Crippen LogP contribution is -2.29. The first-order chi connectivity index (χ1) is 18.4. The molecule has 0 spiro atoms. The molecule has 1 amide bonds. The molecular formula is C29H25FN2O5S. The van der Waals surface area contributed by atoms with Crippen LogP contribution in [0.25, 0.3) is 16.0 Å². The highest BCUT2D eigenvalue weighted by atomic mass is 32.1. The van der Waals surface area contributed by atoms with Gasteiger partial charge in [0.2, 0.25) is 0 Å². The third-order valence-corrected chi connectivity index (χ3v) is 7.31. The summed E-state index contributed by atoms with van der Waals surface area (Å²) in [5.41, 5.74) is 1.33. The molecule has 1 aliphatic rings. The van der Waals surface area contributed by atoms with E-state index in [1.165, 1.54) is 30.2 Å². The minimum absolute atomic E-state index is 0.0756. The molecular weight excluding hydrogens is 507 g/mol. The molecule has 0 radical (unpaired) electrons. The maximum atomic E-state index is 13.9. The first-order valence-electron chi connectivity index (χ1n) is 12.2. The van der Waals surface area contributed by atoms with Crippen molar-refractivity contribution in [3.8, 4) is 11.5 Å². The van der Waals surface area contributed by atoms with Crippen molar-refractivity contribution in [2.45, 2.75) is 25.8 Å². The highest BCUT2D eigenvalue weighted by molar-refractivity contribution is 7.22. The smallest absolute Gasteiger partial charge is 0.301 e. The number of ketones is 1. The number of amides is 1. The lowest BCUT2D eigenvalue weighted by atomic mass is 9.95. The molecule has 2 heterocycles. The van der Waals surface area contributed by atoms with Gasteiger partial charge in [-0.25, -0.2) is 9.37 Å². The van der Waals surface area contributed by atoms with Gasteiger partial charge in [0.15, 0.2) is 16.6 Å². The van der Waals surface area contributed by atoms with Crippen molar-refractivity contribution in [2.24, 2.45) is 0 Å². The molecule has 1 atom stereocenters. The van der Waals surface area contributed by atoms with Gasteiger partial charge in [0.05, 0.1) is 35.5 Å².